The van der Waals surface area contributed by atoms with E-state index >= 15 is 0 Å². The van der Waals surface area contributed by atoms with Gasteiger partial charge in [-0.2, -0.15) is 0 Å². The molecule has 1 atom stereocenters. The highest BCUT2D eigenvalue weighted by molar-refractivity contribution is 7.91. The molecule has 0 aliphatic heterocycles. The van der Waals surface area contributed by atoms with Crippen molar-refractivity contribution in [3.05, 3.63) is 72.3 Å². The van der Waals surface area contributed by atoms with Crippen LogP contribution in [0, 0.1) is 5.92 Å². The second-order valence-electron chi connectivity index (χ2n) is 6.67. The number of carbonyl (C=O) groups excluding carboxylic acids is 1. The van der Waals surface area contributed by atoms with Gasteiger partial charge in [-0.15, -0.1) is 0 Å². The Balaban J connectivity index is 1.73. The standard InChI is InChI=1S/C21H22N2O4S/c24-21(23-25)18(11-6-9-16-7-2-1-3-8-16)15-28(26,27)20-14-13-17-10-4-5-12-19(17)22-20/h1-5,7-8,10,12-14,18,25H,6,9,11,15H2,(H,23,24). The molecule has 1 unspecified atom stereocenters. The highest BCUT2D eigenvalue weighted by Crippen LogP contribution is 2.20. The van der Waals surface area contributed by atoms with E-state index in [9.17, 15) is 13.2 Å². The number of amides is 1. The molecule has 6 nitrogen and oxygen atoms in total. The van der Waals surface area contributed by atoms with Crippen molar-refractivity contribution in [2.24, 2.45) is 5.92 Å². The fourth-order valence-electron chi connectivity index (χ4n) is 3.15. The van der Waals surface area contributed by atoms with Crippen LogP contribution in [0.15, 0.2) is 71.8 Å². The lowest BCUT2D eigenvalue weighted by Crippen LogP contribution is -2.33. The minimum Gasteiger partial charge on any atom is -0.289 e. The molecule has 0 aliphatic carbocycles. The number of benzene rings is 2. The fraction of sp³-hybridized carbons (Fsp3) is 0.238. The smallest absolute Gasteiger partial charge is 0.247 e. The van der Waals surface area contributed by atoms with Gasteiger partial charge >= 0.3 is 0 Å². The Morgan fingerprint density at radius 3 is 2.46 bits per heavy atom. The Morgan fingerprint density at radius 2 is 1.71 bits per heavy atom. The number of rotatable bonds is 8. The van der Waals surface area contributed by atoms with Gasteiger partial charge in [0.05, 0.1) is 17.2 Å². The van der Waals surface area contributed by atoms with Crippen LogP contribution in [0.5, 0.6) is 0 Å². The molecule has 2 N–H and O–H groups in total. The number of para-hydroxylation sites is 1. The number of nitrogens with one attached hydrogen (secondary N) is 1. The molecule has 3 rings (SSSR count). The highest BCUT2D eigenvalue weighted by Gasteiger charge is 2.27. The number of hydroxylamine groups is 1. The summed E-state index contributed by atoms with van der Waals surface area (Å²) in [6, 6.07) is 20.1. The number of hydrogen-bond donors (Lipinski definition) is 2. The van der Waals surface area contributed by atoms with Crippen molar-refractivity contribution in [2.45, 2.75) is 24.3 Å². The number of sulfone groups is 1. The number of carbonyl (C=O) groups is 1. The molecule has 1 heterocycles. The van der Waals surface area contributed by atoms with E-state index in [1.165, 1.54) is 6.07 Å². The first-order valence-electron chi connectivity index (χ1n) is 9.06. The molecule has 3 aromatic rings. The maximum Gasteiger partial charge on any atom is 0.247 e. The monoisotopic (exact) mass is 398 g/mol. The zero-order valence-corrected chi connectivity index (χ0v) is 16.1. The Bertz CT molecular complexity index is 1050. The third-order valence-corrected chi connectivity index (χ3v) is 6.36. The summed E-state index contributed by atoms with van der Waals surface area (Å²) < 4.78 is 25.6. The Labute approximate surface area is 164 Å². The van der Waals surface area contributed by atoms with Gasteiger partial charge in [0.25, 0.3) is 0 Å². The quantitative estimate of drug-likeness (QED) is 0.449. The molecule has 2 aromatic carbocycles. The van der Waals surface area contributed by atoms with E-state index in [4.69, 9.17) is 5.21 Å². The number of aromatic nitrogens is 1. The molecule has 0 spiro atoms. The summed E-state index contributed by atoms with van der Waals surface area (Å²) in [6.45, 7) is 0. The molecular formula is C21H22N2O4S. The van der Waals surface area contributed by atoms with Gasteiger partial charge in [-0.3, -0.25) is 10.0 Å². The Morgan fingerprint density at radius 1 is 1.00 bits per heavy atom. The van der Waals surface area contributed by atoms with E-state index < -0.39 is 27.4 Å². The predicted molar refractivity (Wildman–Crippen MR) is 107 cm³/mol. The molecular weight excluding hydrogens is 376 g/mol. The molecule has 0 bridgehead atoms. The van der Waals surface area contributed by atoms with E-state index in [0.717, 1.165) is 17.4 Å². The van der Waals surface area contributed by atoms with Crippen molar-refractivity contribution in [1.29, 1.82) is 0 Å². The summed E-state index contributed by atoms with van der Waals surface area (Å²) in [4.78, 5) is 16.3. The third kappa shape index (κ3) is 4.94. The molecule has 0 saturated heterocycles. The fourth-order valence-corrected chi connectivity index (χ4v) is 4.68. The molecule has 0 saturated carbocycles. The minimum atomic E-state index is -3.78. The minimum absolute atomic E-state index is 0.0648. The largest absolute Gasteiger partial charge is 0.289 e. The van der Waals surface area contributed by atoms with Crippen LogP contribution >= 0.6 is 0 Å². The average Bonchev–Trinajstić information content (AvgIpc) is 2.72. The van der Waals surface area contributed by atoms with Gasteiger partial charge in [-0.05, 0) is 43.0 Å². The molecule has 0 fully saturated rings. The molecule has 0 aliphatic rings. The zero-order valence-electron chi connectivity index (χ0n) is 15.3. The SMILES string of the molecule is O=C(NO)C(CCCc1ccccc1)CS(=O)(=O)c1ccc2ccccc2n1. The van der Waals surface area contributed by atoms with Crippen LogP contribution in [0.4, 0.5) is 0 Å². The van der Waals surface area contributed by atoms with E-state index in [1.54, 1.807) is 23.7 Å². The lowest BCUT2D eigenvalue weighted by atomic mass is 10.0. The lowest BCUT2D eigenvalue weighted by Gasteiger charge is -2.15. The molecule has 0 radical (unpaired) electrons. The first-order chi connectivity index (χ1) is 13.5. The molecule has 1 amide bonds. The first-order valence-corrected chi connectivity index (χ1v) is 10.7. The number of fused-ring (bicyclic) bond motifs is 1. The van der Waals surface area contributed by atoms with Crippen molar-refractivity contribution in [3.63, 3.8) is 0 Å². The number of nitrogens with zero attached hydrogens (tertiary/aromatic N) is 1. The van der Waals surface area contributed by atoms with Crippen molar-refractivity contribution in [1.82, 2.24) is 10.5 Å². The normalized spacial score (nSPS) is 12.6. The predicted octanol–water partition coefficient (Wildman–Crippen LogP) is 3.15. The van der Waals surface area contributed by atoms with Gasteiger partial charge in [-0.1, -0.05) is 48.5 Å². The second-order valence-corrected chi connectivity index (χ2v) is 8.66. The highest BCUT2D eigenvalue weighted by atomic mass is 32.2. The van der Waals surface area contributed by atoms with Crippen LogP contribution in [0.2, 0.25) is 0 Å². The molecule has 146 valence electrons. The Kier molecular flexibility index (Phi) is 6.38. The van der Waals surface area contributed by atoms with Crippen LogP contribution in [-0.4, -0.2) is 30.3 Å². The number of pyridine rings is 1. The van der Waals surface area contributed by atoms with Gasteiger partial charge in [0.2, 0.25) is 5.91 Å². The lowest BCUT2D eigenvalue weighted by molar-refractivity contribution is -0.132. The van der Waals surface area contributed by atoms with Crippen LogP contribution < -0.4 is 5.48 Å². The molecule has 28 heavy (non-hydrogen) atoms. The zero-order chi connectivity index (χ0) is 20.0. The van der Waals surface area contributed by atoms with Gasteiger partial charge < -0.3 is 0 Å². The van der Waals surface area contributed by atoms with Gasteiger partial charge in [0.1, 0.15) is 0 Å². The van der Waals surface area contributed by atoms with Crippen LogP contribution in [0.3, 0.4) is 0 Å². The Hall–Kier alpha value is -2.77. The molecule has 7 heteroatoms. The van der Waals surface area contributed by atoms with E-state index in [1.807, 2.05) is 42.5 Å². The summed E-state index contributed by atoms with van der Waals surface area (Å²) in [5.74, 6) is -1.95. The van der Waals surface area contributed by atoms with Gasteiger partial charge in [-0.25, -0.2) is 18.9 Å². The molecule has 1 aromatic heterocycles. The summed E-state index contributed by atoms with van der Waals surface area (Å²) in [6.07, 6.45) is 1.70. The maximum absolute atomic E-state index is 12.8. The van der Waals surface area contributed by atoms with E-state index in [0.29, 0.717) is 18.4 Å². The van der Waals surface area contributed by atoms with Crippen molar-refractivity contribution in [2.75, 3.05) is 5.75 Å². The van der Waals surface area contributed by atoms with Gasteiger partial charge in [0.15, 0.2) is 14.9 Å². The van der Waals surface area contributed by atoms with E-state index in [-0.39, 0.29) is 5.03 Å². The van der Waals surface area contributed by atoms with Gasteiger partial charge in [0, 0.05) is 5.39 Å². The topological polar surface area (TPSA) is 96.4 Å². The van der Waals surface area contributed by atoms with Crippen LogP contribution in [-0.2, 0) is 21.1 Å². The average molecular weight is 398 g/mol. The third-order valence-electron chi connectivity index (χ3n) is 4.65. The summed E-state index contributed by atoms with van der Waals surface area (Å²) in [5.41, 5.74) is 3.29. The second kappa shape index (κ2) is 8.95. The van der Waals surface area contributed by atoms with Crippen LogP contribution in [0.1, 0.15) is 18.4 Å². The van der Waals surface area contributed by atoms with Crippen molar-refractivity contribution >= 4 is 26.6 Å². The summed E-state index contributed by atoms with van der Waals surface area (Å²) in [5, 5.41) is 9.80. The number of aryl methyl sites for hydroxylation is 1. The van der Waals surface area contributed by atoms with Crippen molar-refractivity contribution < 1.29 is 18.4 Å². The first kappa shape index (κ1) is 20.0. The van der Waals surface area contributed by atoms with Crippen LogP contribution in [0.25, 0.3) is 10.9 Å². The van der Waals surface area contributed by atoms with Crippen molar-refractivity contribution in [3.8, 4) is 0 Å². The number of hydrogen-bond acceptors (Lipinski definition) is 5. The maximum atomic E-state index is 12.8. The van der Waals surface area contributed by atoms with E-state index in [2.05, 4.69) is 4.98 Å². The summed E-state index contributed by atoms with van der Waals surface area (Å²) in [7, 11) is -3.78. The summed E-state index contributed by atoms with van der Waals surface area (Å²) >= 11 is 0.